The van der Waals surface area contributed by atoms with Crippen molar-refractivity contribution in [3.8, 4) is 5.75 Å². The summed E-state index contributed by atoms with van der Waals surface area (Å²) in [5.74, 6) is 0.145. The maximum Gasteiger partial charge on any atom is 0.267 e. The second-order valence-electron chi connectivity index (χ2n) is 5.07. The Kier molecular flexibility index (Phi) is 4.77. The number of carbonyl (C=O) groups is 1. The van der Waals surface area contributed by atoms with Crippen LogP contribution >= 0.6 is 24.0 Å². The van der Waals surface area contributed by atoms with E-state index in [1.807, 2.05) is 0 Å². The summed E-state index contributed by atoms with van der Waals surface area (Å²) in [5.41, 5.74) is 0.865. The molecular weight excluding hydrogens is 320 g/mol. The van der Waals surface area contributed by atoms with Crippen LogP contribution in [-0.2, 0) is 9.53 Å². The van der Waals surface area contributed by atoms with Crippen molar-refractivity contribution in [2.24, 2.45) is 0 Å². The Bertz CT molecular complexity index is 610. The number of amides is 1. The van der Waals surface area contributed by atoms with E-state index in [0.29, 0.717) is 29.1 Å². The van der Waals surface area contributed by atoms with Crippen LogP contribution in [0.5, 0.6) is 5.75 Å². The molecule has 1 N–H and O–H groups in total. The minimum atomic E-state index is -0.0606. The highest BCUT2D eigenvalue weighted by Crippen LogP contribution is 2.32. The SMILES string of the molecule is O=C1/C(=C/c2ccc(O)cc2)SC(=S)N1CN1CCOCC1. The first kappa shape index (κ1) is 15.5. The van der Waals surface area contributed by atoms with Crippen LogP contribution in [-0.4, -0.2) is 58.1 Å². The molecule has 2 fully saturated rings. The number of phenols is 1. The fourth-order valence-electron chi connectivity index (χ4n) is 2.29. The van der Waals surface area contributed by atoms with E-state index in [1.165, 1.54) is 11.8 Å². The molecule has 0 bridgehead atoms. The molecule has 1 aromatic carbocycles. The van der Waals surface area contributed by atoms with Gasteiger partial charge in [0, 0.05) is 13.1 Å². The molecule has 7 heteroatoms. The summed E-state index contributed by atoms with van der Waals surface area (Å²) in [6.45, 7) is 3.53. The molecule has 22 heavy (non-hydrogen) atoms. The number of phenolic OH excluding ortho intramolecular Hbond substituents is 1. The number of hydrogen-bond acceptors (Lipinski definition) is 6. The first-order chi connectivity index (χ1) is 10.6. The molecule has 0 saturated carbocycles. The number of rotatable bonds is 3. The Balaban J connectivity index is 1.71. The largest absolute Gasteiger partial charge is 0.508 e. The number of ether oxygens (including phenoxy) is 1. The maximum absolute atomic E-state index is 12.5. The van der Waals surface area contributed by atoms with E-state index in [4.69, 9.17) is 17.0 Å². The lowest BCUT2D eigenvalue weighted by Crippen LogP contribution is -2.45. The number of benzene rings is 1. The molecule has 116 valence electrons. The van der Waals surface area contributed by atoms with Gasteiger partial charge in [-0.15, -0.1) is 0 Å². The molecule has 1 amide bonds. The molecule has 0 unspecified atom stereocenters. The lowest BCUT2D eigenvalue weighted by atomic mass is 10.2. The van der Waals surface area contributed by atoms with Gasteiger partial charge in [0.1, 0.15) is 10.1 Å². The third-order valence-corrected chi connectivity index (χ3v) is 4.89. The first-order valence-electron chi connectivity index (χ1n) is 6.98. The van der Waals surface area contributed by atoms with Crippen molar-refractivity contribution in [1.82, 2.24) is 9.80 Å². The average Bonchev–Trinajstić information content (AvgIpc) is 2.78. The highest BCUT2D eigenvalue weighted by molar-refractivity contribution is 8.26. The number of carbonyl (C=O) groups excluding carboxylic acids is 1. The quantitative estimate of drug-likeness (QED) is 0.672. The van der Waals surface area contributed by atoms with Gasteiger partial charge in [-0.2, -0.15) is 0 Å². The van der Waals surface area contributed by atoms with E-state index in [2.05, 4.69) is 4.90 Å². The molecule has 1 aromatic rings. The van der Waals surface area contributed by atoms with Crippen LogP contribution in [0, 0.1) is 0 Å². The summed E-state index contributed by atoms with van der Waals surface area (Å²) in [6, 6.07) is 6.73. The second kappa shape index (κ2) is 6.78. The number of nitrogens with zero attached hydrogens (tertiary/aromatic N) is 2. The van der Waals surface area contributed by atoms with Gasteiger partial charge in [-0.3, -0.25) is 14.6 Å². The Morgan fingerprint density at radius 3 is 2.64 bits per heavy atom. The molecule has 0 aromatic heterocycles. The third-order valence-electron chi connectivity index (χ3n) is 3.51. The highest BCUT2D eigenvalue weighted by atomic mass is 32.2. The van der Waals surface area contributed by atoms with Gasteiger partial charge >= 0.3 is 0 Å². The lowest BCUT2D eigenvalue weighted by molar-refractivity contribution is -0.124. The van der Waals surface area contributed by atoms with E-state index in [0.717, 1.165) is 18.7 Å². The summed E-state index contributed by atoms with van der Waals surface area (Å²) < 4.78 is 5.90. The predicted molar refractivity (Wildman–Crippen MR) is 90.4 cm³/mol. The fraction of sp³-hybridized carbons (Fsp3) is 0.333. The Morgan fingerprint density at radius 1 is 1.27 bits per heavy atom. The van der Waals surface area contributed by atoms with Crippen LogP contribution in [0.25, 0.3) is 6.08 Å². The summed E-state index contributed by atoms with van der Waals surface area (Å²) in [6.07, 6.45) is 1.80. The van der Waals surface area contributed by atoms with Gasteiger partial charge in [-0.05, 0) is 23.8 Å². The van der Waals surface area contributed by atoms with Gasteiger partial charge in [0.05, 0.1) is 24.8 Å². The number of hydrogen-bond donors (Lipinski definition) is 1. The standard InChI is InChI=1S/C15H16N2O3S2/c18-12-3-1-11(2-4-12)9-13-14(19)17(15(21)22-13)10-16-5-7-20-8-6-16/h1-4,9,18H,5-8,10H2/b13-9-. The molecule has 2 saturated heterocycles. The predicted octanol–water partition coefficient (Wildman–Crippen LogP) is 1.88. The summed E-state index contributed by atoms with van der Waals surface area (Å²) in [4.78, 5) is 16.9. The van der Waals surface area contributed by atoms with E-state index in [-0.39, 0.29) is 11.7 Å². The van der Waals surface area contributed by atoms with Crippen molar-refractivity contribution < 1.29 is 14.6 Å². The maximum atomic E-state index is 12.5. The molecule has 2 aliphatic heterocycles. The monoisotopic (exact) mass is 336 g/mol. The van der Waals surface area contributed by atoms with Gasteiger partial charge in [0.15, 0.2) is 0 Å². The number of morpholine rings is 1. The van der Waals surface area contributed by atoms with Crippen LogP contribution in [0.4, 0.5) is 0 Å². The normalized spacial score (nSPS) is 21.8. The molecule has 0 aliphatic carbocycles. The number of aromatic hydroxyl groups is 1. The zero-order valence-corrected chi connectivity index (χ0v) is 13.5. The molecule has 2 aliphatic rings. The fourth-order valence-corrected chi connectivity index (χ4v) is 3.53. The molecule has 0 spiro atoms. The second-order valence-corrected chi connectivity index (χ2v) is 6.75. The van der Waals surface area contributed by atoms with Crippen molar-refractivity contribution in [3.63, 3.8) is 0 Å². The highest BCUT2D eigenvalue weighted by Gasteiger charge is 2.33. The lowest BCUT2D eigenvalue weighted by Gasteiger charge is -2.29. The van der Waals surface area contributed by atoms with Crippen molar-refractivity contribution in [2.45, 2.75) is 0 Å². The smallest absolute Gasteiger partial charge is 0.267 e. The molecule has 3 rings (SSSR count). The summed E-state index contributed by atoms with van der Waals surface area (Å²) in [7, 11) is 0. The van der Waals surface area contributed by atoms with Crippen LogP contribution in [0.15, 0.2) is 29.2 Å². The van der Waals surface area contributed by atoms with E-state index < -0.39 is 0 Å². The van der Waals surface area contributed by atoms with Gasteiger partial charge in [-0.1, -0.05) is 36.1 Å². The van der Waals surface area contributed by atoms with Crippen molar-refractivity contribution in [1.29, 1.82) is 0 Å². The topological polar surface area (TPSA) is 53.0 Å². The van der Waals surface area contributed by atoms with E-state index in [1.54, 1.807) is 35.2 Å². The summed E-state index contributed by atoms with van der Waals surface area (Å²) in [5, 5.41) is 9.30. The van der Waals surface area contributed by atoms with Crippen molar-refractivity contribution in [2.75, 3.05) is 33.0 Å². The molecule has 5 nitrogen and oxygen atoms in total. The van der Waals surface area contributed by atoms with E-state index >= 15 is 0 Å². The minimum Gasteiger partial charge on any atom is -0.508 e. The number of thiocarbonyl (C=S) groups is 1. The molecule has 0 atom stereocenters. The Hall–Kier alpha value is -1.41. The Labute approximate surface area is 138 Å². The first-order valence-corrected chi connectivity index (χ1v) is 8.20. The van der Waals surface area contributed by atoms with Crippen LogP contribution in [0.2, 0.25) is 0 Å². The minimum absolute atomic E-state index is 0.0606. The zero-order valence-electron chi connectivity index (χ0n) is 11.9. The molecular formula is C15H16N2O3S2. The molecule has 2 heterocycles. The van der Waals surface area contributed by atoms with Crippen molar-refractivity contribution >= 4 is 40.3 Å². The zero-order chi connectivity index (χ0) is 15.5. The van der Waals surface area contributed by atoms with Crippen molar-refractivity contribution in [3.05, 3.63) is 34.7 Å². The van der Waals surface area contributed by atoms with Crippen LogP contribution in [0.1, 0.15) is 5.56 Å². The van der Waals surface area contributed by atoms with Crippen LogP contribution < -0.4 is 0 Å². The van der Waals surface area contributed by atoms with Crippen LogP contribution in [0.3, 0.4) is 0 Å². The van der Waals surface area contributed by atoms with E-state index in [9.17, 15) is 9.90 Å². The molecule has 0 radical (unpaired) electrons. The third kappa shape index (κ3) is 3.49. The van der Waals surface area contributed by atoms with Gasteiger partial charge in [0.25, 0.3) is 5.91 Å². The average molecular weight is 336 g/mol. The van der Waals surface area contributed by atoms with Gasteiger partial charge in [0.2, 0.25) is 0 Å². The Morgan fingerprint density at radius 2 is 1.95 bits per heavy atom. The number of thioether (sulfide) groups is 1. The summed E-state index contributed by atoms with van der Waals surface area (Å²) >= 11 is 6.65. The van der Waals surface area contributed by atoms with Gasteiger partial charge < -0.3 is 9.84 Å². The van der Waals surface area contributed by atoms with Gasteiger partial charge in [-0.25, -0.2) is 0 Å².